The predicted octanol–water partition coefficient (Wildman–Crippen LogP) is 3.02. The van der Waals surface area contributed by atoms with Crippen LogP contribution in [0.15, 0.2) is 12.1 Å². The van der Waals surface area contributed by atoms with Gasteiger partial charge in [0.1, 0.15) is 6.29 Å². The summed E-state index contributed by atoms with van der Waals surface area (Å²) in [6.07, 6.45) is 0.796. The van der Waals surface area contributed by atoms with Gasteiger partial charge in [-0.3, -0.25) is 0 Å². The molecule has 1 aromatic carbocycles. The number of aldehydes is 1. The third-order valence-corrected chi connectivity index (χ3v) is 2.24. The first-order valence-electron chi connectivity index (χ1n) is 4.25. The van der Waals surface area contributed by atoms with Crippen LogP contribution in [0, 0.1) is 17.5 Å². The molecule has 0 amide bonds. The molecule has 0 bridgehead atoms. The van der Waals surface area contributed by atoms with Crippen LogP contribution in [0.1, 0.15) is 17.9 Å². The van der Waals surface area contributed by atoms with E-state index in [1.165, 1.54) is 0 Å². The van der Waals surface area contributed by atoms with Gasteiger partial charge in [0.2, 0.25) is 0 Å². The number of hydrogen-bond donors (Lipinski definition) is 0. The van der Waals surface area contributed by atoms with Crippen LogP contribution in [0.5, 0.6) is 0 Å². The first-order chi connectivity index (χ1) is 7.10. The van der Waals surface area contributed by atoms with Crippen molar-refractivity contribution in [2.45, 2.75) is 12.3 Å². The standard InChI is InChI=1S/C10H8ClF3O/c11-2-1-6(5-15)7-3-8(12)10(14)9(13)4-7/h3-6H,1-2H2. The normalized spacial score (nSPS) is 12.5. The number of alkyl halides is 1. The second kappa shape index (κ2) is 5.16. The van der Waals surface area contributed by atoms with Crippen molar-refractivity contribution in [2.24, 2.45) is 0 Å². The lowest BCUT2D eigenvalue weighted by Gasteiger charge is -2.09. The van der Waals surface area contributed by atoms with Gasteiger partial charge in [-0.25, -0.2) is 13.2 Å². The van der Waals surface area contributed by atoms with Crippen LogP contribution in [0.2, 0.25) is 0 Å². The zero-order chi connectivity index (χ0) is 11.4. The van der Waals surface area contributed by atoms with Crippen LogP contribution in [0.3, 0.4) is 0 Å². The quantitative estimate of drug-likeness (QED) is 0.446. The van der Waals surface area contributed by atoms with Gasteiger partial charge in [-0.05, 0) is 24.1 Å². The second-order valence-corrected chi connectivity index (χ2v) is 3.40. The number of hydrogen-bond acceptors (Lipinski definition) is 1. The van der Waals surface area contributed by atoms with Gasteiger partial charge in [0.05, 0.1) is 0 Å². The van der Waals surface area contributed by atoms with Crippen molar-refractivity contribution in [1.82, 2.24) is 0 Å². The van der Waals surface area contributed by atoms with Crippen molar-refractivity contribution in [3.8, 4) is 0 Å². The van der Waals surface area contributed by atoms with Gasteiger partial charge in [0.15, 0.2) is 17.5 Å². The summed E-state index contributed by atoms with van der Waals surface area (Å²) in [4.78, 5) is 10.6. The van der Waals surface area contributed by atoms with E-state index in [4.69, 9.17) is 11.6 Å². The Morgan fingerprint density at radius 2 is 1.80 bits per heavy atom. The largest absolute Gasteiger partial charge is 0.303 e. The highest BCUT2D eigenvalue weighted by Gasteiger charge is 2.16. The van der Waals surface area contributed by atoms with E-state index < -0.39 is 23.4 Å². The lowest BCUT2D eigenvalue weighted by Crippen LogP contribution is -2.04. The molecule has 1 aromatic rings. The number of benzene rings is 1. The van der Waals surface area contributed by atoms with E-state index >= 15 is 0 Å². The molecule has 5 heteroatoms. The molecule has 0 aliphatic carbocycles. The molecule has 0 heterocycles. The predicted molar refractivity (Wildman–Crippen MR) is 50.5 cm³/mol. The summed E-state index contributed by atoms with van der Waals surface area (Å²) in [5, 5.41) is 0. The maximum atomic E-state index is 12.8. The van der Waals surface area contributed by atoms with Gasteiger partial charge in [0.25, 0.3) is 0 Å². The third-order valence-electron chi connectivity index (χ3n) is 2.02. The minimum atomic E-state index is -1.53. The Hall–Kier alpha value is -1.03. The summed E-state index contributed by atoms with van der Waals surface area (Å²) in [5.41, 5.74) is 0.0991. The third kappa shape index (κ3) is 2.72. The number of rotatable bonds is 4. The Labute approximate surface area is 89.9 Å². The van der Waals surface area contributed by atoms with E-state index in [-0.39, 0.29) is 17.9 Å². The van der Waals surface area contributed by atoms with Crippen LogP contribution >= 0.6 is 11.6 Å². The van der Waals surface area contributed by atoms with Gasteiger partial charge in [-0.15, -0.1) is 11.6 Å². The fourth-order valence-corrected chi connectivity index (χ4v) is 1.46. The fourth-order valence-electron chi connectivity index (χ4n) is 1.22. The topological polar surface area (TPSA) is 17.1 Å². The molecule has 82 valence electrons. The highest BCUT2D eigenvalue weighted by molar-refractivity contribution is 6.18. The molecule has 1 nitrogen and oxygen atoms in total. The fraction of sp³-hybridized carbons (Fsp3) is 0.300. The first kappa shape index (κ1) is 12.0. The van der Waals surface area contributed by atoms with E-state index in [2.05, 4.69) is 0 Å². The lowest BCUT2D eigenvalue weighted by atomic mass is 9.98. The molecule has 0 aliphatic heterocycles. The van der Waals surface area contributed by atoms with E-state index in [0.29, 0.717) is 6.29 Å². The Morgan fingerprint density at radius 1 is 1.27 bits per heavy atom. The van der Waals surface area contributed by atoms with Gasteiger partial charge < -0.3 is 4.79 Å². The van der Waals surface area contributed by atoms with Crippen molar-refractivity contribution in [3.05, 3.63) is 35.1 Å². The minimum Gasteiger partial charge on any atom is -0.303 e. The average Bonchev–Trinajstić information content (AvgIpc) is 2.22. The second-order valence-electron chi connectivity index (χ2n) is 3.02. The molecular weight excluding hydrogens is 229 g/mol. The molecule has 1 unspecified atom stereocenters. The first-order valence-corrected chi connectivity index (χ1v) is 4.79. The highest BCUT2D eigenvalue weighted by Crippen LogP contribution is 2.22. The van der Waals surface area contributed by atoms with Crippen LogP contribution in [-0.4, -0.2) is 12.2 Å². The smallest absolute Gasteiger partial charge is 0.194 e. The average molecular weight is 237 g/mol. The molecule has 0 saturated heterocycles. The van der Waals surface area contributed by atoms with Crippen molar-refractivity contribution in [2.75, 3.05) is 5.88 Å². The number of carbonyl (C=O) groups excluding carboxylic acids is 1. The minimum absolute atomic E-state index is 0.0991. The van der Waals surface area contributed by atoms with Crippen molar-refractivity contribution < 1.29 is 18.0 Å². The summed E-state index contributed by atoms with van der Waals surface area (Å²) < 4.78 is 38.2. The Bertz CT molecular complexity index is 345. The van der Waals surface area contributed by atoms with E-state index in [1.54, 1.807) is 0 Å². The Balaban J connectivity index is 3.08. The van der Waals surface area contributed by atoms with Crippen molar-refractivity contribution in [1.29, 1.82) is 0 Å². The Morgan fingerprint density at radius 3 is 2.20 bits per heavy atom. The zero-order valence-corrected chi connectivity index (χ0v) is 8.40. The molecule has 0 spiro atoms. The molecule has 1 atom stereocenters. The van der Waals surface area contributed by atoms with Crippen LogP contribution in [-0.2, 0) is 4.79 Å². The maximum absolute atomic E-state index is 12.8. The molecule has 0 saturated carbocycles. The Kier molecular flexibility index (Phi) is 4.15. The maximum Gasteiger partial charge on any atom is 0.194 e. The van der Waals surface area contributed by atoms with E-state index in [1.807, 2.05) is 0 Å². The van der Waals surface area contributed by atoms with Gasteiger partial charge >= 0.3 is 0 Å². The van der Waals surface area contributed by atoms with Gasteiger partial charge in [-0.1, -0.05) is 0 Å². The monoisotopic (exact) mass is 236 g/mol. The van der Waals surface area contributed by atoms with Crippen LogP contribution in [0.25, 0.3) is 0 Å². The molecule has 0 radical (unpaired) electrons. The molecule has 1 rings (SSSR count). The molecule has 0 aromatic heterocycles. The SMILES string of the molecule is O=CC(CCCl)c1cc(F)c(F)c(F)c1. The molecule has 0 aliphatic rings. The lowest BCUT2D eigenvalue weighted by molar-refractivity contribution is -0.109. The number of halogens is 4. The summed E-state index contributed by atoms with van der Waals surface area (Å²) in [6, 6.07) is 1.62. The highest BCUT2D eigenvalue weighted by atomic mass is 35.5. The van der Waals surface area contributed by atoms with Crippen molar-refractivity contribution in [3.63, 3.8) is 0 Å². The zero-order valence-electron chi connectivity index (χ0n) is 7.64. The summed E-state index contributed by atoms with van der Waals surface area (Å²) >= 11 is 5.42. The van der Waals surface area contributed by atoms with Gasteiger partial charge in [-0.2, -0.15) is 0 Å². The molecule has 0 N–H and O–H groups in total. The molecule has 0 fully saturated rings. The molecule has 15 heavy (non-hydrogen) atoms. The summed E-state index contributed by atoms with van der Waals surface area (Å²) in [6.45, 7) is 0. The van der Waals surface area contributed by atoms with E-state index in [9.17, 15) is 18.0 Å². The van der Waals surface area contributed by atoms with Crippen LogP contribution in [0.4, 0.5) is 13.2 Å². The van der Waals surface area contributed by atoms with E-state index in [0.717, 1.165) is 12.1 Å². The van der Waals surface area contributed by atoms with Crippen molar-refractivity contribution >= 4 is 17.9 Å². The molecular formula is C10H8ClF3O. The summed E-state index contributed by atoms with van der Waals surface area (Å²) in [5.74, 6) is -4.65. The van der Waals surface area contributed by atoms with Gasteiger partial charge in [0, 0.05) is 11.8 Å². The van der Waals surface area contributed by atoms with Crippen LogP contribution < -0.4 is 0 Å². The summed E-state index contributed by atoms with van der Waals surface area (Å²) in [7, 11) is 0. The number of carbonyl (C=O) groups is 1.